The van der Waals surface area contributed by atoms with Crippen LogP contribution in [0.4, 0.5) is 0 Å². The normalized spacial score (nSPS) is 17.8. The van der Waals surface area contributed by atoms with Gasteiger partial charge < -0.3 is 10.6 Å². The first-order valence-corrected chi connectivity index (χ1v) is 7.41. The van der Waals surface area contributed by atoms with Crippen LogP contribution in [0.2, 0.25) is 0 Å². The van der Waals surface area contributed by atoms with E-state index in [1.165, 1.54) is 30.5 Å². The smallest absolute Gasteiger partial charge is 0.0424 e. The molecule has 2 heteroatoms. The van der Waals surface area contributed by atoms with Gasteiger partial charge in [0.05, 0.1) is 0 Å². The minimum atomic E-state index is 0.123. The summed E-state index contributed by atoms with van der Waals surface area (Å²) in [6.45, 7) is 8.88. The number of hydrogen-bond acceptors (Lipinski definition) is 2. The van der Waals surface area contributed by atoms with E-state index in [2.05, 4.69) is 57.0 Å². The topological polar surface area (TPSA) is 29.3 Å². The molecule has 1 aromatic carbocycles. The fourth-order valence-electron chi connectivity index (χ4n) is 2.49. The molecule has 2 N–H and O–H groups in total. The lowest BCUT2D eigenvalue weighted by molar-refractivity contribution is 0.300. The van der Waals surface area contributed by atoms with Crippen molar-refractivity contribution in [3.05, 3.63) is 35.4 Å². The van der Waals surface area contributed by atoms with Crippen molar-refractivity contribution in [2.75, 3.05) is 20.1 Å². The predicted molar refractivity (Wildman–Crippen MR) is 82.3 cm³/mol. The zero-order valence-electron chi connectivity index (χ0n) is 12.8. The third-order valence-corrected chi connectivity index (χ3v) is 3.98. The summed E-state index contributed by atoms with van der Waals surface area (Å²) in [7, 11) is 2.18. The van der Waals surface area contributed by atoms with E-state index >= 15 is 0 Å². The Labute approximate surface area is 118 Å². The number of benzene rings is 1. The van der Waals surface area contributed by atoms with E-state index in [1.54, 1.807) is 0 Å². The van der Waals surface area contributed by atoms with E-state index in [0.29, 0.717) is 0 Å². The van der Waals surface area contributed by atoms with Crippen LogP contribution < -0.4 is 5.73 Å². The molecule has 0 saturated heterocycles. The van der Waals surface area contributed by atoms with Crippen molar-refractivity contribution in [3.63, 3.8) is 0 Å². The quantitative estimate of drug-likeness (QED) is 0.880. The van der Waals surface area contributed by atoms with Crippen molar-refractivity contribution in [2.45, 2.75) is 45.1 Å². The van der Waals surface area contributed by atoms with Gasteiger partial charge in [-0.1, -0.05) is 45.0 Å². The van der Waals surface area contributed by atoms with Gasteiger partial charge in [-0.3, -0.25) is 0 Å². The molecule has 1 atom stereocenters. The van der Waals surface area contributed by atoms with E-state index in [0.717, 1.165) is 12.5 Å². The van der Waals surface area contributed by atoms with Crippen LogP contribution in [0.15, 0.2) is 24.3 Å². The molecule has 19 heavy (non-hydrogen) atoms. The number of likely N-dealkylation sites (N-methyl/N-ethyl adjacent to an activating group) is 1. The van der Waals surface area contributed by atoms with Crippen LogP contribution >= 0.6 is 0 Å². The van der Waals surface area contributed by atoms with Gasteiger partial charge in [-0.15, -0.1) is 0 Å². The largest absolute Gasteiger partial charge is 0.323 e. The molecule has 106 valence electrons. The van der Waals surface area contributed by atoms with Gasteiger partial charge in [0.2, 0.25) is 0 Å². The van der Waals surface area contributed by atoms with Gasteiger partial charge in [-0.2, -0.15) is 0 Å². The summed E-state index contributed by atoms with van der Waals surface area (Å²) >= 11 is 0. The highest BCUT2D eigenvalue weighted by atomic mass is 15.1. The second-order valence-corrected chi connectivity index (χ2v) is 7.14. The van der Waals surface area contributed by atoms with Crippen LogP contribution in [0, 0.1) is 5.92 Å². The third kappa shape index (κ3) is 4.32. The molecule has 1 aliphatic rings. The van der Waals surface area contributed by atoms with Crippen LogP contribution in [0.25, 0.3) is 0 Å². The monoisotopic (exact) mass is 260 g/mol. The summed E-state index contributed by atoms with van der Waals surface area (Å²) in [5.41, 5.74) is 9.14. The lowest BCUT2D eigenvalue weighted by atomic mass is 9.86. The molecule has 0 spiro atoms. The van der Waals surface area contributed by atoms with Crippen LogP contribution in [-0.2, 0) is 5.41 Å². The summed E-state index contributed by atoms with van der Waals surface area (Å²) < 4.78 is 0. The first kappa shape index (κ1) is 14.5. The van der Waals surface area contributed by atoms with Crippen LogP contribution in [-0.4, -0.2) is 25.0 Å². The standard InChI is InChI=1S/C17H28N2/c1-17(2,3)15-9-7-14(8-10-15)16(18)12-19(4)11-13-5-6-13/h7-10,13,16H,5-6,11-12,18H2,1-4H3. The van der Waals surface area contributed by atoms with E-state index < -0.39 is 0 Å². The fourth-order valence-corrected chi connectivity index (χ4v) is 2.49. The summed E-state index contributed by atoms with van der Waals surface area (Å²) in [6, 6.07) is 8.94. The average molecular weight is 260 g/mol. The van der Waals surface area contributed by atoms with Gasteiger partial charge in [0.25, 0.3) is 0 Å². The van der Waals surface area contributed by atoms with Crippen LogP contribution in [0.5, 0.6) is 0 Å². The maximum Gasteiger partial charge on any atom is 0.0424 e. The minimum Gasteiger partial charge on any atom is -0.323 e. The number of nitrogens with two attached hydrogens (primary N) is 1. The average Bonchev–Trinajstić information content (AvgIpc) is 3.11. The molecule has 2 nitrogen and oxygen atoms in total. The molecule has 1 aliphatic carbocycles. The van der Waals surface area contributed by atoms with E-state index in [4.69, 9.17) is 5.73 Å². The lowest BCUT2D eigenvalue weighted by Gasteiger charge is -2.23. The molecular formula is C17H28N2. The predicted octanol–water partition coefficient (Wildman–Crippen LogP) is 3.33. The van der Waals surface area contributed by atoms with Gasteiger partial charge in [-0.05, 0) is 42.3 Å². The number of hydrogen-bond donors (Lipinski definition) is 1. The molecule has 1 aromatic rings. The SMILES string of the molecule is CN(CC1CC1)CC(N)c1ccc(C(C)(C)C)cc1. The summed E-state index contributed by atoms with van der Waals surface area (Å²) in [6.07, 6.45) is 2.81. The third-order valence-electron chi connectivity index (χ3n) is 3.98. The van der Waals surface area contributed by atoms with Crippen molar-refractivity contribution in [2.24, 2.45) is 11.7 Å². The molecule has 0 aromatic heterocycles. The van der Waals surface area contributed by atoms with Crippen molar-refractivity contribution in [3.8, 4) is 0 Å². The van der Waals surface area contributed by atoms with Crippen molar-refractivity contribution < 1.29 is 0 Å². The first-order chi connectivity index (χ1) is 8.86. The highest BCUT2D eigenvalue weighted by Gasteiger charge is 2.23. The van der Waals surface area contributed by atoms with Crippen molar-refractivity contribution in [1.82, 2.24) is 4.90 Å². The van der Waals surface area contributed by atoms with Crippen molar-refractivity contribution in [1.29, 1.82) is 0 Å². The summed E-state index contributed by atoms with van der Waals surface area (Å²) in [4.78, 5) is 2.38. The molecular weight excluding hydrogens is 232 g/mol. The Morgan fingerprint density at radius 1 is 1.21 bits per heavy atom. The Balaban J connectivity index is 1.92. The Bertz CT molecular complexity index is 398. The van der Waals surface area contributed by atoms with E-state index in [9.17, 15) is 0 Å². The fraction of sp³-hybridized carbons (Fsp3) is 0.647. The summed E-state index contributed by atoms with van der Waals surface area (Å²) in [5, 5.41) is 0. The molecule has 2 rings (SSSR count). The molecule has 0 bridgehead atoms. The van der Waals surface area contributed by atoms with E-state index in [1.807, 2.05) is 0 Å². The van der Waals surface area contributed by atoms with Gasteiger partial charge >= 0.3 is 0 Å². The van der Waals surface area contributed by atoms with Crippen molar-refractivity contribution >= 4 is 0 Å². The maximum atomic E-state index is 6.31. The van der Waals surface area contributed by atoms with Gasteiger partial charge in [0, 0.05) is 19.1 Å². The van der Waals surface area contributed by atoms with E-state index in [-0.39, 0.29) is 11.5 Å². The second-order valence-electron chi connectivity index (χ2n) is 7.14. The zero-order chi connectivity index (χ0) is 14.0. The Kier molecular flexibility index (Phi) is 4.32. The highest BCUT2D eigenvalue weighted by Crippen LogP contribution is 2.29. The van der Waals surface area contributed by atoms with Gasteiger partial charge in [0.15, 0.2) is 0 Å². The van der Waals surface area contributed by atoms with Crippen LogP contribution in [0.1, 0.15) is 50.8 Å². The Morgan fingerprint density at radius 3 is 2.26 bits per heavy atom. The lowest BCUT2D eigenvalue weighted by Crippen LogP contribution is -2.30. The highest BCUT2D eigenvalue weighted by molar-refractivity contribution is 5.29. The molecule has 0 aliphatic heterocycles. The minimum absolute atomic E-state index is 0.123. The first-order valence-electron chi connectivity index (χ1n) is 7.41. The second kappa shape index (κ2) is 5.64. The number of nitrogens with zero attached hydrogens (tertiary/aromatic N) is 1. The molecule has 1 unspecified atom stereocenters. The molecule has 1 fully saturated rings. The van der Waals surface area contributed by atoms with Crippen LogP contribution in [0.3, 0.4) is 0 Å². The Morgan fingerprint density at radius 2 is 1.79 bits per heavy atom. The van der Waals surface area contributed by atoms with Gasteiger partial charge in [0.1, 0.15) is 0 Å². The zero-order valence-corrected chi connectivity index (χ0v) is 12.8. The maximum absolute atomic E-state index is 6.31. The molecule has 0 heterocycles. The molecule has 0 amide bonds. The summed E-state index contributed by atoms with van der Waals surface area (Å²) in [5.74, 6) is 0.931. The molecule has 0 radical (unpaired) electrons. The molecule has 1 saturated carbocycles. The number of rotatable bonds is 5. The van der Waals surface area contributed by atoms with Gasteiger partial charge in [-0.25, -0.2) is 0 Å². The Hall–Kier alpha value is -0.860.